The van der Waals surface area contributed by atoms with Crippen LogP contribution in [0, 0.1) is 5.41 Å². The highest BCUT2D eigenvalue weighted by Gasteiger charge is 2.35. The van der Waals surface area contributed by atoms with Crippen LogP contribution >= 0.6 is 0 Å². The Labute approximate surface area is 264 Å². The summed E-state index contributed by atoms with van der Waals surface area (Å²) >= 11 is 0. The van der Waals surface area contributed by atoms with Crippen LogP contribution in [0.2, 0.25) is 0 Å². The molecule has 0 saturated carbocycles. The molecule has 0 spiro atoms. The molecule has 0 aliphatic carbocycles. The Balaban J connectivity index is 1.41. The van der Waals surface area contributed by atoms with E-state index in [1.807, 2.05) is 27.7 Å². The van der Waals surface area contributed by atoms with E-state index < -0.39 is 22.8 Å². The van der Waals surface area contributed by atoms with Crippen LogP contribution in [0.5, 0.6) is 5.88 Å². The van der Waals surface area contributed by atoms with Crippen LogP contribution in [0.1, 0.15) is 116 Å². The van der Waals surface area contributed by atoms with Crippen molar-refractivity contribution in [3.05, 3.63) is 57.9 Å². The fourth-order valence-electron chi connectivity index (χ4n) is 4.97. The van der Waals surface area contributed by atoms with Gasteiger partial charge in [-0.3, -0.25) is 4.79 Å². The van der Waals surface area contributed by atoms with E-state index in [9.17, 15) is 22.8 Å². The third-order valence-electron chi connectivity index (χ3n) is 8.28. The van der Waals surface area contributed by atoms with Gasteiger partial charge in [-0.05, 0) is 69.7 Å². The Hall–Kier alpha value is -3.36. The Morgan fingerprint density at radius 3 is 2.09 bits per heavy atom. The summed E-state index contributed by atoms with van der Waals surface area (Å²) in [5, 5.41) is 0.418. The lowest BCUT2D eigenvalue weighted by molar-refractivity contribution is -0.154. The largest absolute Gasteiger partial charge is 0.478 e. The Morgan fingerprint density at radius 1 is 0.822 bits per heavy atom. The summed E-state index contributed by atoms with van der Waals surface area (Å²) in [6.45, 7) is 8.76. The number of ether oxygens (including phenoxy) is 2. The second-order valence-electron chi connectivity index (χ2n) is 12.4. The van der Waals surface area contributed by atoms with Crippen molar-refractivity contribution in [1.29, 1.82) is 0 Å². The van der Waals surface area contributed by atoms with E-state index in [1.54, 1.807) is 18.2 Å². The topological polar surface area (TPSA) is 78.6 Å². The summed E-state index contributed by atoms with van der Waals surface area (Å²) in [5.74, 6) is 0.190. The summed E-state index contributed by atoms with van der Waals surface area (Å²) < 4.78 is 58.2. The molecule has 2 heterocycles. The van der Waals surface area contributed by atoms with E-state index in [0.717, 1.165) is 70.3 Å². The van der Waals surface area contributed by atoms with Crippen LogP contribution in [0.25, 0.3) is 22.2 Å². The predicted molar refractivity (Wildman–Crippen MR) is 171 cm³/mol. The molecule has 1 aromatic carbocycles. The molecule has 0 radical (unpaired) electrons. The maximum Gasteiger partial charge on any atom is 0.417 e. The molecule has 0 atom stereocenters. The summed E-state index contributed by atoms with van der Waals surface area (Å²) in [7, 11) is 0. The number of aryl methyl sites for hydroxylation is 1. The van der Waals surface area contributed by atoms with Gasteiger partial charge in [0.05, 0.1) is 29.8 Å². The molecule has 3 rings (SSSR count). The van der Waals surface area contributed by atoms with Gasteiger partial charge in [0, 0.05) is 17.0 Å². The molecule has 0 bridgehead atoms. The first-order valence-electron chi connectivity index (χ1n) is 16.4. The van der Waals surface area contributed by atoms with Gasteiger partial charge < -0.3 is 13.9 Å². The van der Waals surface area contributed by atoms with Crippen LogP contribution in [0.3, 0.4) is 0 Å². The number of halogens is 3. The number of rotatable bonds is 19. The summed E-state index contributed by atoms with van der Waals surface area (Å²) in [6, 6.07) is 8.80. The first kappa shape index (κ1) is 36.1. The van der Waals surface area contributed by atoms with Crippen LogP contribution in [0.4, 0.5) is 13.2 Å². The molecule has 0 aliphatic rings. The smallest absolute Gasteiger partial charge is 0.417 e. The normalized spacial score (nSPS) is 12.1. The lowest BCUT2D eigenvalue weighted by Gasteiger charge is -2.20. The monoisotopic (exact) mass is 631 g/mol. The Morgan fingerprint density at radius 2 is 1.47 bits per heavy atom. The van der Waals surface area contributed by atoms with E-state index in [0.29, 0.717) is 36.5 Å². The fourth-order valence-corrected chi connectivity index (χ4v) is 4.97. The van der Waals surface area contributed by atoms with Gasteiger partial charge in [0.15, 0.2) is 0 Å². The van der Waals surface area contributed by atoms with Crippen LogP contribution in [-0.4, -0.2) is 24.2 Å². The number of pyridine rings is 1. The van der Waals surface area contributed by atoms with Gasteiger partial charge in [-0.15, -0.1) is 0 Å². The number of hydrogen-bond donors (Lipinski definition) is 0. The van der Waals surface area contributed by atoms with Crippen molar-refractivity contribution in [2.45, 2.75) is 117 Å². The Bertz CT molecular complexity index is 1430. The molecule has 0 saturated heterocycles. The minimum absolute atomic E-state index is 0.0253. The number of fused-ring (bicyclic) bond motifs is 1. The van der Waals surface area contributed by atoms with E-state index in [1.165, 1.54) is 25.0 Å². The van der Waals surface area contributed by atoms with Crippen LogP contribution < -0.4 is 10.4 Å². The molecule has 6 nitrogen and oxygen atoms in total. The van der Waals surface area contributed by atoms with Gasteiger partial charge >= 0.3 is 17.8 Å². The predicted octanol–water partition coefficient (Wildman–Crippen LogP) is 10.1. The maximum atomic E-state index is 13.9. The molecule has 0 unspecified atom stereocenters. The highest BCUT2D eigenvalue weighted by Crippen LogP contribution is 2.37. The maximum absolute atomic E-state index is 13.9. The van der Waals surface area contributed by atoms with E-state index in [4.69, 9.17) is 13.9 Å². The average molecular weight is 632 g/mol. The van der Waals surface area contributed by atoms with Gasteiger partial charge in [-0.2, -0.15) is 18.2 Å². The van der Waals surface area contributed by atoms with Crippen molar-refractivity contribution < 1.29 is 31.9 Å². The second kappa shape index (κ2) is 17.4. The van der Waals surface area contributed by atoms with Gasteiger partial charge in [0.1, 0.15) is 0 Å². The van der Waals surface area contributed by atoms with Crippen LogP contribution in [-0.2, 0) is 22.1 Å². The SMILES string of the molecule is CCCCc1ccc(-c2cc3ccc(OCCCCCCCCCCCOC(=O)C(C)(C)CC)nc3oc2=O)c(C(F)(F)F)c1. The first-order valence-corrected chi connectivity index (χ1v) is 16.4. The van der Waals surface area contributed by atoms with Crippen molar-refractivity contribution in [3.8, 4) is 17.0 Å². The molecule has 248 valence electrons. The minimum atomic E-state index is -4.61. The molecular weight excluding hydrogens is 583 g/mol. The Kier molecular flexibility index (Phi) is 13.9. The molecule has 9 heteroatoms. The van der Waals surface area contributed by atoms with Crippen LogP contribution in [0.15, 0.2) is 45.6 Å². The highest BCUT2D eigenvalue weighted by molar-refractivity contribution is 5.80. The zero-order valence-corrected chi connectivity index (χ0v) is 27.2. The third-order valence-corrected chi connectivity index (χ3v) is 8.28. The molecule has 2 aromatic heterocycles. The quantitative estimate of drug-likeness (QED) is 0.0968. The first-order chi connectivity index (χ1) is 21.5. The lowest BCUT2D eigenvalue weighted by Crippen LogP contribution is -2.26. The van der Waals surface area contributed by atoms with E-state index in [2.05, 4.69) is 4.98 Å². The summed E-state index contributed by atoms with van der Waals surface area (Å²) in [4.78, 5) is 29.0. The average Bonchev–Trinajstić information content (AvgIpc) is 3.01. The van der Waals surface area contributed by atoms with Crippen molar-refractivity contribution in [2.24, 2.45) is 5.41 Å². The number of carbonyl (C=O) groups is 1. The second-order valence-corrected chi connectivity index (χ2v) is 12.4. The zero-order valence-electron chi connectivity index (χ0n) is 27.2. The van der Waals surface area contributed by atoms with Gasteiger partial charge in [0.25, 0.3) is 0 Å². The number of benzene rings is 1. The van der Waals surface area contributed by atoms with Gasteiger partial charge in [-0.1, -0.05) is 77.3 Å². The van der Waals surface area contributed by atoms with Crippen molar-refractivity contribution in [1.82, 2.24) is 4.98 Å². The molecule has 3 aromatic rings. The number of carbonyl (C=O) groups excluding carboxylic acids is 1. The molecule has 45 heavy (non-hydrogen) atoms. The number of esters is 1. The zero-order chi connectivity index (χ0) is 32.9. The highest BCUT2D eigenvalue weighted by atomic mass is 19.4. The summed E-state index contributed by atoms with van der Waals surface area (Å²) in [5.41, 5.74) is -1.87. The number of hydrogen-bond acceptors (Lipinski definition) is 6. The van der Waals surface area contributed by atoms with Crippen molar-refractivity contribution >= 4 is 17.1 Å². The van der Waals surface area contributed by atoms with Crippen molar-refractivity contribution in [2.75, 3.05) is 13.2 Å². The molecule has 0 N–H and O–H groups in total. The molecule has 0 fully saturated rings. The van der Waals surface area contributed by atoms with E-state index in [-0.39, 0.29) is 22.8 Å². The number of alkyl halides is 3. The standard InChI is InChI=1S/C36H48F3NO5/c1-5-7-17-26-18-20-28(30(24-26)36(37,38)39)29-25-27-19-21-31(40-32(27)45-33(29)41)43-22-15-13-11-9-8-10-12-14-16-23-44-34(42)35(3,4)6-2/h18-21,24-25H,5-17,22-23H2,1-4H3. The molecular formula is C36H48F3NO5. The lowest BCUT2D eigenvalue weighted by atomic mass is 9.91. The molecule has 0 aliphatic heterocycles. The number of nitrogens with zero attached hydrogens (tertiary/aromatic N) is 1. The van der Waals surface area contributed by atoms with E-state index >= 15 is 0 Å². The van der Waals surface area contributed by atoms with Crippen molar-refractivity contribution in [3.63, 3.8) is 0 Å². The number of unbranched alkanes of at least 4 members (excludes halogenated alkanes) is 9. The minimum Gasteiger partial charge on any atom is -0.478 e. The number of aromatic nitrogens is 1. The van der Waals surface area contributed by atoms with Gasteiger partial charge in [-0.25, -0.2) is 4.79 Å². The fraction of sp³-hybridized carbons (Fsp3) is 0.583. The summed E-state index contributed by atoms with van der Waals surface area (Å²) in [6.07, 6.45) is 7.94. The molecule has 0 amide bonds. The third kappa shape index (κ3) is 11.2. The van der Waals surface area contributed by atoms with Gasteiger partial charge in [0.2, 0.25) is 11.6 Å².